The van der Waals surface area contributed by atoms with Gasteiger partial charge in [0, 0.05) is 52.4 Å². The second-order valence-corrected chi connectivity index (χ2v) is 7.58. The number of rotatable bonds is 4. The summed E-state index contributed by atoms with van der Waals surface area (Å²) >= 11 is 0. The highest BCUT2D eigenvalue weighted by atomic mass is 16.6. The zero-order valence-corrected chi connectivity index (χ0v) is 15.4. The lowest BCUT2D eigenvalue weighted by Gasteiger charge is -2.37. The second-order valence-electron chi connectivity index (χ2n) is 7.58. The summed E-state index contributed by atoms with van der Waals surface area (Å²) in [5, 5.41) is 0. The Morgan fingerprint density at radius 3 is 2.33 bits per heavy atom. The fraction of sp³-hybridized carbons (Fsp3) is 0.882. The third-order valence-electron chi connectivity index (χ3n) is 4.47. The summed E-state index contributed by atoms with van der Waals surface area (Å²) in [6.45, 7) is 10.6. The highest BCUT2D eigenvalue weighted by Crippen LogP contribution is 2.22. The number of carbonyl (C=O) groups is 2. The van der Waals surface area contributed by atoms with Gasteiger partial charge in [0.25, 0.3) is 0 Å². The van der Waals surface area contributed by atoms with Gasteiger partial charge in [0.2, 0.25) is 5.91 Å². The fourth-order valence-electron chi connectivity index (χ4n) is 3.28. The van der Waals surface area contributed by atoms with Crippen LogP contribution in [0.15, 0.2) is 0 Å². The first-order valence-electron chi connectivity index (χ1n) is 8.79. The van der Waals surface area contributed by atoms with Crippen LogP contribution in [0.2, 0.25) is 0 Å². The predicted molar refractivity (Wildman–Crippen MR) is 90.9 cm³/mol. The maximum Gasteiger partial charge on any atom is 0.410 e. The fourth-order valence-corrected chi connectivity index (χ4v) is 3.28. The van der Waals surface area contributed by atoms with Gasteiger partial charge >= 0.3 is 6.09 Å². The topological polar surface area (TPSA) is 62.3 Å². The summed E-state index contributed by atoms with van der Waals surface area (Å²) in [5.41, 5.74) is -0.461. The molecule has 0 aromatic heterocycles. The first-order chi connectivity index (χ1) is 11.3. The van der Waals surface area contributed by atoms with Crippen molar-refractivity contribution in [2.24, 2.45) is 0 Å². The summed E-state index contributed by atoms with van der Waals surface area (Å²) in [4.78, 5) is 30.2. The average molecular weight is 341 g/mol. The van der Waals surface area contributed by atoms with Crippen LogP contribution in [-0.4, -0.2) is 91.3 Å². The van der Waals surface area contributed by atoms with Crippen molar-refractivity contribution in [3.8, 4) is 0 Å². The molecule has 7 heteroatoms. The van der Waals surface area contributed by atoms with Gasteiger partial charge < -0.3 is 19.3 Å². The van der Waals surface area contributed by atoms with Crippen molar-refractivity contribution in [2.75, 3.05) is 53.0 Å². The molecule has 0 N–H and O–H groups in total. The van der Waals surface area contributed by atoms with Gasteiger partial charge in [-0.25, -0.2) is 4.79 Å². The van der Waals surface area contributed by atoms with E-state index in [1.165, 1.54) is 0 Å². The number of piperazine rings is 1. The number of methoxy groups -OCH3 is 1. The standard InChI is InChI=1S/C17H31N3O4/c1-17(2,3)24-16(22)20-7-5-6-14(20)12-18-8-10-19(11-9-18)15(21)13-23-4/h14H,5-13H2,1-4H3/t14-/m0/s1. The number of nitrogens with zero attached hydrogens (tertiary/aromatic N) is 3. The predicted octanol–water partition coefficient (Wildman–Crippen LogP) is 1.18. The van der Waals surface area contributed by atoms with Crippen molar-refractivity contribution in [1.82, 2.24) is 14.7 Å². The van der Waals surface area contributed by atoms with Crippen molar-refractivity contribution >= 4 is 12.0 Å². The molecule has 2 amide bonds. The molecule has 7 nitrogen and oxygen atoms in total. The summed E-state index contributed by atoms with van der Waals surface area (Å²) < 4.78 is 10.4. The molecule has 0 saturated carbocycles. The molecular formula is C17H31N3O4. The van der Waals surface area contributed by atoms with Gasteiger partial charge in [-0.2, -0.15) is 0 Å². The van der Waals surface area contributed by atoms with Crippen LogP contribution in [-0.2, 0) is 14.3 Å². The molecule has 0 unspecified atom stereocenters. The smallest absolute Gasteiger partial charge is 0.410 e. The molecule has 1 atom stereocenters. The number of ether oxygens (including phenoxy) is 2. The maximum absolute atomic E-state index is 12.3. The minimum absolute atomic E-state index is 0.0494. The zero-order chi connectivity index (χ0) is 17.7. The Balaban J connectivity index is 1.81. The normalized spacial score (nSPS) is 22.8. The Morgan fingerprint density at radius 2 is 1.75 bits per heavy atom. The van der Waals surface area contributed by atoms with Crippen LogP contribution in [0.3, 0.4) is 0 Å². The summed E-state index contributed by atoms with van der Waals surface area (Å²) in [6, 6.07) is 0.209. The van der Waals surface area contributed by atoms with E-state index in [1.54, 1.807) is 7.11 Å². The first-order valence-corrected chi connectivity index (χ1v) is 8.79. The lowest BCUT2D eigenvalue weighted by molar-refractivity contribution is -0.136. The summed E-state index contributed by atoms with van der Waals surface area (Å²) in [5.74, 6) is 0.0494. The molecule has 2 aliphatic rings. The molecule has 2 aliphatic heterocycles. The quantitative estimate of drug-likeness (QED) is 0.768. The van der Waals surface area contributed by atoms with Crippen LogP contribution in [0.5, 0.6) is 0 Å². The Labute approximate surface area is 144 Å². The number of carbonyl (C=O) groups excluding carboxylic acids is 2. The van der Waals surface area contributed by atoms with E-state index in [1.807, 2.05) is 30.6 Å². The van der Waals surface area contributed by atoms with E-state index in [-0.39, 0.29) is 24.6 Å². The van der Waals surface area contributed by atoms with E-state index in [0.29, 0.717) is 0 Å². The van der Waals surface area contributed by atoms with E-state index in [2.05, 4.69) is 4.90 Å². The number of amides is 2. The number of likely N-dealkylation sites (tertiary alicyclic amines) is 1. The van der Waals surface area contributed by atoms with E-state index in [0.717, 1.165) is 52.1 Å². The van der Waals surface area contributed by atoms with Crippen LogP contribution in [0.1, 0.15) is 33.6 Å². The Morgan fingerprint density at radius 1 is 1.08 bits per heavy atom. The molecule has 2 fully saturated rings. The van der Waals surface area contributed by atoms with Gasteiger partial charge in [-0.05, 0) is 33.6 Å². The Hall–Kier alpha value is -1.34. The van der Waals surface area contributed by atoms with Crippen molar-refractivity contribution < 1.29 is 19.1 Å². The molecule has 0 bridgehead atoms. The van der Waals surface area contributed by atoms with Crippen LogP contribution in [0.25, 0.3) is 0 Å². The Bertz CT molecular complexity index is 442. The summed E-state index contributed by atoms with van der Waals surface area (Å²) in [6.07, 6.45) is 1.83. The lowest BCUT2D eigenvalue weighted by Crippen LogP contribution is -2.53. The van der Waals surface area contributed by atoms with Crippen molar-refractivity contribution in [3.05, 3.63) is 0 Å². The van der Waals surface area contributed by atoms with Crippen LogP contribution in [0.4, 0.5) is 4.79 Å². The van der Waals surface area contributed by atoms with Gasteiger partial charge in [0.1, 0.15) is 12.2 Å². The Kier molecular flexibility index (Phi) is 6.46. The molecule has 0 spiro atoms. The molecule has 2 rings (SSSR count). The highest BCUT2D eigenvalue weighted by molar-refractivity contribution is 5.77. The minimum atomic E-state index is -0.461. The SMILES string of the molecule is COCC(=O)N1CCN(C[C@@H]2CCCN2C(=O)OC(C)(C)C)CC1. The zero-order valence-electron chi connectivity index (χ0n) is 15.4. The van der Waals surface area contributed by atoms with Gasteiger partial charge in [-0.3, -0.25) is 9.69 Å². The third kappa shape index (κ3) is 5.34. The molecular weight excluding hydrogens is 310 g/mol. The van der Waals surface area contributed by atoms with Crippen molar-refractivity contribution in [2.45, 2.75) is 45.3 Å². The molecule has 0 aromatic carbocycles. The highest BCUT2D eigenvalue weighted by Gasteiger charge is 2.34. The van der Waals surface area contributed by atoms with Gasteiger partial charge in [0.05, 0.1) is 0 Å². The molecule has 2 heterocycles. The molecule has 138 valence electrons. The lowest BCUT2D eigenvalue weighted by atomic mass is 10.2. The number of hydrogen-bond donors (Lipinski definition) is 0. The second kappa shape index (κ2) is 8.16. The average Bonchev–Trinajstić information content (AvgIpc) is 2.95. The molecule has 24 heavy (non-hydrogen) atoms. The van der Waals surface area contributed by atoms with E-state index in [4.69, 9.17) is 9.47 Å². The van der Waals surface area contributed by atoms with Gasteiger partial charge in [-0.1, -0.05) is 0 Å². The first kappa shape index (κ1) is 19.0. The molecule has 0 radical (unpaired) electrons. The minimum Gasteiger partial charge on any atom is -0.444 e. The van der Waals surface area contributed by atoms with E-state index in [9.17, 15) is 9.59 Å². The van der Waals surface area contributed by atoms with Crippen molar-refractivity contribution in [3.63, 3.8) is 0 Å². The van der Waals surface area contributed by atoms with Crippen molar-refractivity contribution in [1.29, 1.82) is 0 Å². The van der Waals surface area contributed by atoms with Gasteiger partial charge in [0.15, 0.2) is 0 Å². The number of hydrogen-bond acceptors (Lipinski definition) is 5. The largest absolute Gasteiger partial charge is 0.444 e. The van der Waals surface area contributed by atoms with E-state index >= 15 is 0 Å². The monoisotopic (exact) mass is 341 g/mol. The third-order valence-corrected chi connectivity index (χ3v) is 4.47. The summed E-state index contributed by atoms with van der Waals surface area (Å²) in [7, 11) is 1.54. The van der Waals surface area contributed by atoms with E-state index < -0.39 is 5.60 Å². The molecule has 2 saturated heterocycles. The molecule has 0 aliphatic carbocycles. The van der Waals surface area contributed by atoms with Crippen LogP contribution in [0, 0.1) is 0 Å². The maximum atomic E-state index is 12.3. The van der Waals surface area contributed by atoms with Gasteiger partial charge in [-0.15, -0.1) is 0 Å². The van der Waals surface area contributed by atoms with Crippen LogP contribution < -0.4 is 0 Å². The molecule has 0 aromatic rings. The van der Waals surface area contributed by atoms with Crippen LogP contribution >= 0.6 is 0 Å².